The van der Waals surface area contributed by atoms with Crippen molar-refractivity contribution in [3.05, 3.63) is 35.9 Å². The third-order valence-corrected chi connectivity index (χ3v) is 5.03. The molecule has 0 radical (unpaired) electrons. The van der Waals surface area contributed by atoms with Gasteiger partial charge in [-0.1, -0.05) is 30.3 Å². The molecule has 1 atom stereocenters. The number of hydrogen-bond donors (Lipinski definition) is 1. The van der Waals surface area contributed by atoms with Crippen molar-refractivity contribution >= 4 is 5.91 Å². The molecule has 2 aliphatic heterocycles. The van der Waals surface area contributed by atoms with E-state index in [4.69, 9.17) is 0 Å². The molecule has 1 unspecified atom stereocenters. The van der Waals surface area contributed by atoms with Crippen molar-refractivity contribution in [1.82, 2.24) is 10.2 Å². The molecule has 2 heterocycles. The number of carbonyl (C=O) groups excluding carboxylic acids is 1. The Morgan fingerprint density at radius 3 is 2.57 bits per heavy atom. The third kappa shape index (κ3) is 3.85. The zero-order chi connectivity index (χ0) is 14.5. The number of amides is 1. The minimum atomic E-state index is 0.330. The number of nitrogens with zero attached hydrogens (tertiary/aromatic N) is 1. The van der Waals surface area contributed by atoms with Gasteiger partial charge in [-0.15, -0.1) is 0 Å². The highest BCUT2D eigenvalue weighted by atomic mass is 16.2. The summed E-state index contributed by atoms with van der Waals surface area (Å²) in [6.45, 7) is 3.09. The standard InChI is InChI=1S/C18H26N2O/c21-18(9-8-15-5-2-1-3-6-15)20-13-10-16(11-14-20)17-7-4-12-19-17/h1-3,5-6,16-17,19H,4,7-14H2. The van der Waals surface area contributed by atoms with E-state index in [1.54, 1.807) is 0 Å². The van der Waals surface area contributed by atoms with E-state index in [9.17, 15) is 4.79 Å². The van der Waals surface area contributed by atoms with Gasteiger partial charge in [0.15, 0.2) is 0 Å². The van der Waals surface area contributed by atoms with E-state index in [0.29, 0.717) is 18.4 Å². The molecule has 2 aliphatic rings. The third-order valence-electron chi connectivity index (χ3n) is 5.03. The molecular formula is C18H26N2O. The van der Waals surface area contributed by atoms with E-state index in [2.05, 4.69) is 22.3 Å². The number of rotatable bonds is 4. The molecule has 0 saturated carbocycles. The summed E-state index contributed by atoms with van der Waals surface area (Å²) in [5, 5.41) is 3.61. The zero-order valence-electron chi connectivity index (χ0n) is 12.8. The van der Waals surface area contributed by atoms with E-state index >= 15 is 0 Å². The molecule has 2 saturated heterocycles. The number of carbonyl (C=O) groups is 1. The molecule has 1 aromatic carbocycles. The maximum atomic E-state index is 12.3. The van der Waals surface area contributed by atoms with Crippen molar-refractivity contribution in [1.29, 1.82) is 0 Å². The van der Waals surface area contributed by atoms with Crippen LogP contribution in [-0.4, -0.2) is 36.5 Å². The molecule has 0 bridgehead atoms. The van der Waals surface area contributed by atoms with Crippen molar-refractivity contribution in [3.63, 3.8) is 0 Å². The zero-order valence-corrected chi connectivity index (χ0v) is 12.8. The van der Waals surface area contributed by atoms with E-state index in [0.717, 1.165) is 25.4 Å². The summed E-state index contributed by atoms with van der Waals surface area (Å²) in [4.78, 5) is 14.4. The molecular weight excluding hydrogens is 260 g/mol. The maximum absolute atomic E-state index is 12.3. The predicted octanol–water partition coefficient (Wildman–Crippen LogP) is 2.61. The summed E-state index contributed by atoms with van der Waals surface area (Å²) in [6.07, 6.45) is 6.51. The molecule has 0 aliphatic carbocycles. The van der Waals surface area contributed by atoms with Crippen molar-refractivity contribution < 1.29 is 4.79 Å². The lowest BCUT2D eigenvalue weighted by Gasteiger charge is -2.35. The fourth-order valence-corrected chi connectivity index (χ4v) is 3.72. The average Bonchev–Trinajstić information content (AvgIpc) is 3.08. The molecule has 1 aromatic rings. The Morgan fingerprint density at radius 1 is 1.14 bits per heavy atom. The van der Waals surface area contributed by atoms with Crippen LogP contribution in [-0.2, 0) is 11.2 Å². The van der Waals surface area contributed by atoms with Crippen molar-refractivity contribution in [3.8, 4) is 0 Å². The van der Waals surface area contributed by atoms with Gasteiger partial charge in [-0.3, -0.25) is 4.79 Å². The van der Waals surface area contributed by atoms with Crippen molar-refractivity contribution in [2.24, 2.45) is 5.92 Å². The first-order valence-electron chi connectivity index (χ1n) is 8.38. The molecule has 1 amide bonds. The topological polar surface area (TPSA) is 32.3 Å². The fraction of sp³-hybridized carbons (Fsp3) is 0.611. The lowest BCUT2D eigenvalue weighted by atomic mass is 9.88. The van der Waals surface area contributed by atoms with Crippen LogP contribution in [0.2, 0.25) is 0 Å². The Labute approximate surface area is 127 Å². The summed E-state index contributed by atoms with van der Waals surface area (Å²) in [5.41, 5.74) is 1.26. The van der Waals surface area contributed by atoms with E-state index in [-0.39, 0.29) is 0 Å². The summed E-state index contributed by atoms with van der Waals surface area (Å²) < 4.78 is 0. The minimum absolute atomic E-state index is 0.330. The second-order valence-electron chi connectivity index (χ2n) is 6.41. The van der Waals surface area contributed by atoms with Gasteiger partial charge in [0.1, 0.15) is 0 Å². The number of nitrogens with one attached hydrogen (secondary N) is 1. The van der Waals surface area contributed by atoms with Crippen LogP contribution in [0.3, 0.4) is 0 Å². The van der Waals surface area contributed by atoms with Gasteiger partial charge in [0.2, 0.25) is 5.91 Å². The summed E-state index contributed by atoms with van der Waals surface area (Å²) in [6, 6.07) is 11.0. The Kier molecular flexibility index (Phi) is 4.91. The lowest BCUT2D eigenvalue weighted by Crippen LogP contribution is -2.43. The van der Waals surface area contributed by atoms with Gasteiger partial charge >= 0.3 is 0 Å². The Bertz CT molecular complexity index is 446. The number of aryl methyl sites for hydroxylation is 1. The molecule has 2 fully saturated rings. The van der Waals surface area contributed by atoms with Crippen LogP contribution >= 0.6 is 0 Å². The largest absolute Gasteiger partial charge is 0.343 e. The molecule has 0 aromatic heterocycles. The van der Waals surface area contributed by atoms with Gasteiger partial charge in [0, 0.05) is 25.6 Å². The summed E-state index contributed by atoms with van der Waals surface area (Å²) in [5.74, 6) is 1.11. The van der Waals surface area contributed by atoms with E-state index in [1.807, 2.05) is 18.2 Å². The Hall–Kier alpha value is -1.35. The predicted molar refractivity (Wildman–Crippen MR) is 85.1 cm³/mol. The van der Waals surface area contributed by atoms with Crippen LogP contribution in [0.25, 0.3) is 0 Å². The number of hydrogen-bond acceptors (Lipinski definition) is 2. The van der Waals surface area contributed by atoms with Crippen LogP contribution in [0.1, 0.15) is 37.7 Å². The summed E-state index contributed by atoms with van der Waals surface area (Å²) in [7, 11) is 0. The van der Waals surface area contributed by atoms with Gasteiger partial charge in [-0.2, -0.15) is 0 Å². The minimum Gasteiger partial charge on any atom is -0.343 e. The first kappa shape index (κ1) is 14.6. The first-order chi connectivity index (χ1) is 10.3. The van der Waals surface area contributed by atoms with Gasteiger partial charge in [0.05, 0.1) is 0 Å². The van der Waals surface area contributed by atoms with Crippen LogP contribution in [0.4, 0.5) is 0 Å². The van der Waals surface area contributed by atoms with Crippen LogP contribution < -0.4 is 5.32 Å². The van der Waals surface area contributed by atoms with E-state index in [1.165, 1.54) is 37.8 Å². The SMILES string of the molecule is O=C(CCc1ccccc1)N1CCC(C2CCCN2)CC1. The van der Waals surface area contributed by atoms with Gasteiger partial charge < -0.3 is 10.2 Å². The van der Waals surface area contributed by atoms with E-state index < -0.39 is 0 Å². The number of piperidine rings is 1. The van der Waals surface area contributed by atoms with Crippen molar-refractivity contribution in [2.75, 3.05) is 19.6 Å². The molecule has 114 valence electrons. The van der Waals surface area contributed by atoms with Crippen molar-refractivity contribution in [2.45, 2.75) is 44.6 Å². The molecule has 3 nitrogen and oxygen atoms in total. The normalized spacial score (nSPS) is 23.4. The van der Waals surface area contributed by atoms with Crippen LogP contribution in [0.15, 0.2) is 30.3 Å². The van der Waals surface area contributed by atoms with Gasteiger partial charge in [0.25, 0.3) is 0 Å². The number of likely N-dealkylation sites (tertiary alicyclic amines) is 1. The Morgan fingerprint density at radius 2 is 1.90 bits per heavy atom. The lowest BCUT2D eigenvalue weighted by molar-refractivity contribution is -0.132. The quantitative estimate of drug-likeness (QED) is 0.923. The highest BCUT2D eigenvalue weighted by Crippen LogP contribution is 2.25. The van der Waals surface area contributed by atoms with Gasteiger partial charge in [-0.25, -0.2) is 0 Å². The summed E-state index contributed by atoms with van der Waals surface area (Å²) >= 11 is 0. The first-order valence-corrected chi connectivity index (χ1v) is 8.38. The molecule has 21 heavy (non-hydrogen) atoms. The molecule has 3 rings (SSSR count). The van der Waals surface area contributed by atoms with Crippen LogP contribution in [0, 0.1) is 5.92 Å². The van der Waals surface area contributed by atoms with Crippen LogP contribution in [0.5, 0.6) is 0 Å². The Balaban J connectivity index is 1.42. The maximum Gasteiger partial charge on any atom is 0.222 e. The molecule has 1 N–H and O–H groups in total. The fourth-order valence-electron chi connectivity index (χ4n) is 3.72. The average molecular weight is 286 g/mol. The highest BCUT2D eigenvalue weighted by molar-refractivity contribution is 5.76. The second kappa shape index (κ2) is 7.08. The monoisotopic (exact) mass is 286 g/mol. The smallest absolute Gasteiger partial charge is 0.222 e. The number of benzene rings is 1. The highest BCUT2D eigenvalue weighted by Gasteiger charge is 2.29. The second-order valence-corrected chi connectivity index (χ2v) is 6.41. The molecule has 0 spiro atoms. The van der Waals surface area contributed by atoms with Gasteiger partial charge in [-0.05, 0) is 50.1 Å². The molecule has 3 heteroatoms.